The zero-order chi connectivity index (χ0) is 11.3. The van der Waals surface area contributed by atoms with E-state index in [9.17, 15) is 4.79 Å². The Morgan fingerprint density at radius 2 is 2.00 bits per heavy atom. The number of hydrogen-bond donors (Lipinski definition) is 1. The lowest BCUT2D eigenvalue weighted by molar-refractivity contribution is 0.226. The number of nitrogens with zero attached hydrogens (tertiary/aromatic N) is 1. The highest BCUT2D eigenvalue weighted by Gasteiger charge is 2.38. The molecule has 2 rings (SSSR count). The Kier molecular flexibility index (Phi) is 2.04. The van der Waals surface area contributed by atoms with Crippen LogP contribution in [-0.2, 0) is 11.8 Å². The van der Waals surface area contributed by atoms with Crippen LogP contribution in [0.5, 0.6) is 0 Å². The Hall–Kier alpha value is -1.12. The first-order valence-electron chi connectivity index (χ1n) is 5.39. The van der Waals surface area contributed by atoms with E-state index in [2.05, 4.69) is 37.9 Å². The largest absolute Gasteiger partial charge is 0.268 e. The van der Waals surface area contributed by atoms with E-state index >= 15 is 0 Å². The van der Waals surface area contributed by atoms with Crippen molar-refractivity contribution in [2.24, 2.45) is 5.41 Å². The first-order chi connectivity index (χ1) is 6.80. The summed E-state index contributed by atoms with van der Waals surface area (Å²) in [5, 5.41) is 6.70. The van der Waals surface area contributed by atoms with Crippen molar-refractivity contribution < 1.29 is 0 Å². The molecule has 15 heavy (non-hydrogen) atoms. The summed E-state index contributed by atoms with van der Waals surface area (Å²) in [6.45, 7) is 8.89. The fourth-order valence-electron chi connectivity index (χ4n) is 2.96. The Balaban J connectivity index is 2.60. The molecule has 0 spiro atoms. The van der Waals surface area contributed by atoms with Crippen LogP contribution >= 0.6 is 0 Å². The van der Waals surface area contributed by atoms with Crippen LogP contribution in [0.25, 0.3) is 0 Å². The molecule has 1 aromatic heterocycles. The van der Waals surface area contributed by atoms with Crippen molar-refractivity contribution in [3.05, 3.63) is 27.7 Å². The first-order valence-corrected chi connectivity index (χ1v) is 5.39. The minimum atomic E-state index is -0.0958. The van der Waals surface area contributed by atoms with Crippen LogP contribution in [0.15, 0.2) is 10.9 Å². The van der Waals surface area contributed by atoms with Gasteiger partial charge in [0.2, 0.25) is 0 Å². The maximum Gasteiger partial charge on any atom is 0.264 e. The average molecular weight is 206 g/mol. The second kappa shape index (κ2) is 2.94. The van der Waals surface area contributed by atoms with Crippen molar-refractivity contribution in [3.63, 3.8) is 0 Å². The van der Waals surface area contributed by atoms with Gasteiger partial charge >= 0.3 is 0 Å². The summed E-state index contributed by atoms with van der Waals surface area (Å²) in [6, 6.07) is 1.71. The van der Waals surface area contributed by atoms with Crippen LogP contribution in [-0.4, -0.2) is 10.2 Å². The van der Waals surface area contributed by atoms with Crippen LogP contribution in [0, 0.1) is 5.41 Å². The quantitative estimate of drug-likeness (QED) is 0.706. The van der Waals surface area contributed by atoms with Crippen molar-refractivity contribution in [1.29, 1.82) is 0 Å². The summed E-state index contributed by atoms with van der Waals surface area (Å²) in [6.07, 6.45) is 2.04. The molecule has 0 aromatic carbocycles. The molecule has 0 radical (unpaired) electrons. The monoisotopic (exact) mass is 206 g/mol. The molecule has 0 bridgehead atoms. The third-order valence-electron chi connectivity index (χ3n) is 3.18. The van der Waals surface area contributed by atoms with Crippen molar-refractivity contribution >= 4 is 0 Å². The predicted octanol–water partition coefficient (Wildman–Crippen LogP) is 2.02. The van der Waals surface area contributed by atoms with Gasteiger partial charge in [-0.25, -0.2) is 5.10 Å². The number of nitrogens with one attached hydrogen (secondary N) is 1. The fourth-order valence-corrected chi connectivity index (χ4v) is 2.96. The molecule has 0 unspecified atom stereocenters. The molecule has 0 fully saturated rings. The van der Waals surface area contributed by atoms with Gasteiger partial charge in [0.1, 0.15) is 0 Å². The van der Waals surface area contributed by atoms with Gasteiger partial charge in [-0.15, -0.1) is 0 Å². The molecule has 1 aliphatic rings. The molecule has 3 nitrogen and oxygen atoms in total. The predicted molar refractivity (Wildman–Crippen MR) is 60.0 cm³/mol. The van der Waals surface area contributed by atoms with Crippen LogP contribution in [0.1, 0.15) is 45.4 Å². The topological polar surface area (TPSA) is 45.8 Å². The van der Waals surface area contributed by atoms with E-state index in [1.807, 2.05) is 0 Å². The van der Waals surface area contributed by atoms with Gasteiger partial charge in [-0.3, -0.25) is 4.79 Å². The molecule has 82 valence electrons. The molecule has 1 heterocycles. The molecule has 0 saturated carbocycles. The molecule has 0 saturated heterocycles. The highest BCUT2D eigenvalue weighted by Crippen LogP contribution is 2.43. The van der Waals surface area contributed by atoms with E-state index in [-0.39, 0.29) is 16.4 Å². The normalized spacial score (nSPS) is 22.1. The maximum absolute atomic E-state index is 11.3. The van der Waals surface area contributed by atoms with E-state index in [1.165, 1.54) is 0 Å². The highest BCUT2D eigenvalue weighted by molar-refractivity contribution is 5.30. The van der Waals surface area contributed by atoms with Crippen LogP contribution in [0.3, 0.4) is 0 Å². The van der Waals surface area contributed by atoms with Gasteiger partial charge in [-0.1, -0.05) is 27.7 Å². The lowest BCUT2D eigenvalue weighted by Gasteiger charge is -2.41. The van der Waals surface area contributed by atoms with Gasteiger partial charge in [0, 0.05) is 6.07 Å². The molecule has 0 aliphatic heterocycles. The third-order valence-corrected chi connectivity index (χ3v) is 3.18. The maximum atomic E-state index is 11.3. The van der Waals surface area contributed by atoms with Crippen molar-refractivity contribution in [2.45, 2.75) is 46.0 Å². The number of aromatic nitrogens is 2. The summed E-state index contributed by atoms with van der Waals surface area (Å²) < 4.78 is 0. The summed E-state index contributed by atoms with van der Waals surface area (Å²) in [4.78, 5) is 11.3. The molecule has 3 heteroatoms. The number of rotatable bonds is 0. The lowest BCUT2D eigenvalue weighted by atomic mass is 9.64. The standard InChI is InChI=1S/C12H18N2O/c1-11(2)6-9-8(12(3,4)7-11)5-10(15)14-13-9/h5H,6-7H2,1-4H3,(H,14,15). The van der Waals surface area contributed by atoms with Gasteiger partial charge in [0.05, 0.1) is 5.69 Å². The summed E-state index contributed by atoms with van der Waals surface area (Å²) in [5.74, 6) is 0. The summed E-state index contributed by atoms with van der Waals surface area (Å²) in [7, 11) is 0. The summed E-state index contributed by atoms with van der Waals surface area (Å²) >= 11 is 0. The van der Waals surface area contributed by atoms with Gasteiger partial charge < -0.3 is 0 Å². The van der Waals surface area contributed by atoms with Gasteiger partial charge in [-0.05, 0) is 29.2 Å². The molecule has 1 N–H and O–H groups in total. The smallest absolute Gasteiger partial charge is 0.264 e. The van der Waals surface area contributed by atoms with Gasteiger partial charge in [0.15, 0.2) is 0 Å². The Bertz CT molecular complexity index is 443. The number of H-pyrrole nitrogens is 1. The molecule has 1 aromatic rings. The van der Waals surface area contributed by atoms with Crippen molar-refractivity contribution in [1.82, 2.24) is 10.2 Å². The number of hydrogen-bond acceptors (Lipinski definition) is 2. The van der Waals surface area contributed by atoms with Crippen LogP contribution in [0.2, 0.25) is 0 Å². The van der Waals surface area contributed by atoms with E-state index in [1.54, 1.807) is 6.07 Å². The molecular formula is C12H18N2O. The third kappa shape index (κ3) is 1.83. The Morgan fingerprint density at radius 1 is 1.33 bits per heavy atom. The molecule has 0 atom stereocenters. The van der Waals surface area contributed by atoms with Crippen LogP contribution < -0.4 is 5.56 Å². The molecule has 0 amide bonds. The number of aromatic amines is 1. The highest BCUT2D eigenvalue weighted by atomic mass is 16.1. The Labute approximate surface area is 89.9 Å². The van der Waals surface area contributed by atoms with Crippen molar-refractivity contribution in [2.75, 3.05) is 0 Å². The van der Waals surface area contributed by atoms with Crippen molar-refractivity contribution in [3.8, 4) is 0 Å². The fraction of sp³-hybridized carbons (Fsp3) is 0.667. The minimum Gasteiger partial charge on any atom is -0.268 e. The zero-order valence-corrected chi connectivity index (χ0v) is 9.85. The van der Waals surface area contributed by atoms with E-state index in [4.69, 9.17) is 0 Å². The van der Waals surface area contributed by atoms with E-state index in [0.717, 1.165) is 24.1 Å². The first kappa shape index (κ1) is 10.4. The SMILES string of the molecule is CC1(C)Cc2n[nH]c(=O)cc2C(C)(C)C1. The van der Waals surface area contributed by atoms with Crippen LogP contribution in [0.4, 0.5) is 0 Å². The lowest BCUT2D eigenvalue weighted by Crippen LogP contribution is -2.37. The second-order valence-corrected chi connectivity index (χ2v) is 5.99. The van der Waals surface area contributed by atoms with E-state index < -0.39 is 0 Å². The minimum absolute atomic E-state index is 0.0539. The van der Waals surface area contributed by atoms with E-state index in [0.29, 0.717) is 0 Å². The van der Waals surface area contributed by atoms with Gasteiger partial charge in [0.25, 0.3) is 5.56 Å². The molecule has 1 aliphatic carbocycles. The average Bonchev–Trinajstić information content (AvgIpc) is 2.03. The second-order valence-electron chi connectivity index (χ2n) is 5.99. The molecular weight excluding hydrogens is 188 g/mol. The summed E-state index contributed by atoms with van der Waals surface area (Å²) in [5.41, 5.74) is 2.39. The van der Waals surface area contributed by atoms with Gasteiger partial charge in [-0.2, -0.15) is 5.10 Å². The zero-order valence-electron chi connectivity index (χ0n) is 9.85. The Morgan fingerprint density at radius 3 is 2.67 bits per heavy atom. The number of fused-ring (bicyclic) bond motifs is 1.